The maximum absolute atomic E-state index is 13.2. The van der Waals surface area contributed by atoms with Crippen LogP contribution in [-0.2, 0) is 20.6 Å². The zero-order valence-electron chi connectivity index (χ0n) is 28.7. The van der Waals surface area contributed by atoms with Crippen LogP contribution in [0.3, 0.4) is 0 Å². The van der Waals surface area contributed by atoms with E-state index in [2.05, 4.69) is 11.9 Å². The number of nitrogen functional groups attached to an aromatic ring is 1. The molecule has 0 aliphatic rings. The molecule has 0 aliphatic heterocycles. The molecular formula is C37H58N3O6P. The number of ether oxygens (including phenoxy) is 2. The lowest BCUT2D eigenvalue weighted by Crippen LogP contribution is -2.30. The van der Waals surface area contributed by atoms with E-state index in [4.69, 9.17) is 15.2 Å². The summed E-state index contributed by atoms with van der Waals surface area (Å²) in [4.78, 5) is 35.7. The van der Waals surface area contributed by atoms with E-state index in [-0.39, 0.29) is 19.0 Å². The minimum Gasteiger partial charge on any atom is -0.383 e. The smallest absolute Gasteiger partial charge is 0.350 e. The number of rotatable bonds is 25. The Hall–Kier alpha value is -2.55. The molecule has 1 atom stereocenters. The molecule has 0 bridgehead atoms. The van der Waals surface area contributed by atoms with Gasteiger partial charge >= 0.3 is 13.3 Å². The fraction of sp³-hybridized carbons (Fsp3) is 0.622. The Bertz CT molecular complexity index is 1430. The molecule has 3 rings (SSSR count). The molecule has 4 N–H and O–H groups in total. The zero-order valence-corrected chi connectivity index (χ0v) is 29.6. The summed E-state index contributed by atoms with van der Waals surface area (Å²) in [5.74, 6) is 0.116. The van der Waals surface area contributed by atoms with Gasteiger partial charge in [-0.25, -0.2) is 4.79 Å². The second kappa shape index (κ2) is 21.4. The van der Waals surface area contributed by atoms with Gasteiger partial charge in [-0.3, -0.25) is 9.13 Å². The summed E-state index contributed by atoms with van der Waals surface area (Å²) in [7, 11) is -4.34. The molecule has 10 heteroatoms. The first-order valence-corrected chi connectivity index (χ1v) is 19.6. The lowest BCUT2D eigenvalue weighted by atomic mass is 9.96. The molecule has 0 amide bonds. The summed E-state index contributed by atoms with van der Waals surface area (Å²) >= 11 is 0. The van der Waals surface area contributed by atoms with Crippen molar-refractivity contribution in [1.82, 2.24) is 9.55 Å². The summed E-state index contributed by atoms with van der Waals surface area (Å²) in [6.45, 7) is 4.73. The number of unbranched alkanes of at least 4 members (excludes halogenated alkanes) is 15. The number of aromatic nitrogens is 2. The van der Waals surface area contributed by atoms with Gasteiger partial charge in [0, 0.05) is 17.7 Å². The van der Waals surface area contributed by atoms with E-state index in [1.54, 1.807) is 0 Å². The van der Waals surface area contributed by atoms with Gasteiger partial charge in [0.2, 0.25) is 0 Å². The van der Waals surface area contributed by atoms with Crippen LogP contribution in [0, 0.1) is 0 Å². The van der Waals surface area contributed by atoms with E-state index in [1.807, 2.05) is 49.4 Å². The lowest BCUT2D eigenvalue weighted by molar-refractivity contribution is 0.0628. The van der Waals surface area contributed by atoms with E-state index >= 15 is 0 Å². The Labute approximate surface area is 281 Å². The highest BCUT2D eigenvalue weighted by Gasteiger charge is 2.24. The van der Waals surface area contributed by atoms with Crippen LogP contribution in [0.4, 0.5) is 5.82 Å². The van der Waals surface area contributed by atoms with E-state index in [1.165, 1.54) is 94.5 Å². The number of benzene rings is 2. The van der Waals surface area contributed by atoms with Crippen LogP contribution < -0.4 is 11.4 Å². The van der Waals surface area contributed by atoms with Gasteiger partial charge < -0.3 is 25.0 Å². The van der Waals surface area contributed by atoms with Crippen molar-refractivity contribution in [3.05, 3.63) is 58.5 Å². The van der Waals surface area contributed by atoms with Crippen molar-refractivity contribution in [2.75, 3.05) is 25.3 Å². The van der Waals surface area contributed by atoms with Gasteiger partial charge in [-0.2, -0.15) is 4.98 Å². The van der Waals surface area contributed by atoms with Crippen molar-refractivity contribution in [1.29, 1.82) is 0 Å². The molecule has 262 valence electrons. The number of fused-ring (bicyclic) bond motifs is 1. The third-order valence-corrected chi connectivity index (χ3v) is 9.30. The standard InChI is InChI=1S/C37H58N3O6P/c1-3-4-5-6-7-8-9-10-11-12-13-14-15-16-17-20-27-46-30(2)34-35(33-25-21-23-31-22-18-19-24-32(31)33)40(37(41)39-36(34)38)26-28-45-29-47(42,43)44/h18-19,21-25,30H,3-17,20,26-29H2,1-2H3,(H2,38,39,41)(H2,42,43,44). The summed E-state index contributed by atoms with van der Waals surface area (Å²) < 4.78 is 24.3. The fourth-order valence-electron chi connectivity index (χ4n) is 6.25. The molecule has 0 aliphatic carbocycles. The second-order valence-corrected chi connectivity index (χ2v) is 14.3. The number of nitrogens with two attached hydrogens (primary N) is 1. The first-order valence-electron chi connectivity index (χ1n) is 17.8. The first-order chi connectivity index (χ1) is 22.7. The Morgan fingerprint density at radius 2 is 1.36 bits per heavy atom. The van der Waals surface area contributed by atoms with Crippen molar-refractivity contribution in [3.63, 3.8) is 0 Å². The van der Waals surface area contributed by atoms with Gasteiger partial charge in [0.25, 0.3) is 0 Å². The SMILES string of the molecule is CCCCCCCCCCCCCCCCCCOC(C)c1c(N)nc(=O)n(CCOCP(=O)(O)O)c1-c1cccc2ccccc12. The first kappa shape index (κ1) is 38.9. The normalized spacial score (nSPS) is 12.6. The zero-order chi connectivity index (χ0) is 33.9. The van der Waals surface area contributed by atoms with Crippen LogP contribution in [0.25, 0.3) is 22.0 Å². The molecule has 1 unspecified atom stereocenters. The highest BCUT2D eigenvalue weighted by molar-refractivity contribution is 7.51. The van der Waals surface area contributed by atoms with E-state index in [9.17, 15) is 19.1 Å². The maximum atomic E-state index is 13.2. The monoisotopic (exact) mass is 671 g/mol. The number of anilines is 1. The molecule has 0 saturated carbocycles. The summed E-state index contributed by atoms with van der Waals surface area (Å²) in [6, 6.07) is 13.8. The topological polar surface area (TPSA) is 137 Å². The minimum absolute atomic E-state index is 0.0452. The van der Waals surface area contributed by atoms with E-state index in [0.717, 1.165) is 29.2 Å². The van der Waals surface area contributed by atoms with Crippen molar-refractivity contribution < 1.29 is 23.8 Å². The average molecular weight is 672 g/mol. The molecule has 47 heavy (non-hydrogen) atoms. The highest BCUT2D eigenvalue weighted by atomic mass is 31.2. The molecule has 1 aromatic heterocycles. The predicted octanol–water partition coefficient (Wildman–Crippen LogP) is 9.14. The van der Waals surface area contributed by atoms with Gasteiger partial charge in [0.1, 0.15) is 12.2 Å². The third-order valence-electron chi connectivity index (χ3n) is 8.78. The molecule has 0 radical (unpaired) electrons. The average Bonchev–Trinajstić information content (AvgIpc) is 3.04. The Kier molecular flexibility index (Phi) is 17.7. The fourth-order valence-corrected chi connectivity index (χ4v) is 6.62. The molecule has 0 spiro atoms. The molecule has 3 aromatic rings. The van der Waals surface area contributed by atoms with Crippen molar-refractivity contribution in [2.24, 2.45) is 0 Å². The quantitative estimate of drug-likeness (QED) is 0.0599. The van der Waals surface area contributed by atoms with Gasteiger partial charge in [-0.15, -0.1) is 0 Å². The largest absolute Gasteiger partial charge is 0.383 e. The third kappa shape index (κ3) is 13.8. The maximum Gasteiger partial charge on any atom is 0.350 e. The van der Waals surface area contributed by atoms with Gasteiger partial charge in [0.05, 0.1) is 24.9 Å². The van der Waals surface area contributed by atoms with Crippen molar-refractivity contribution in [3.8, 4) is 11.3 Å². The van der Waals surface area contributed by atoms with Gasteiger partial charge in [-0.1, -0.05) is 146 Å². The molecule has 0 saturated heterocycles. The molecule has 0 fully saturated rings. The molecule has 9 nitrogen and oxygen atoms in total. The number of nitrogens with zero attached hydrogens (tertiary/aromatic N) is 2. The second-order valence-electron chi connectivity index (χ2n) is 12.7. The van der Waals surface area contributed by atoms with Crippen molar-refractivity contribution in [2.45, 2.75) is 129 Å². The summed E-state index contributed by atoms with van der Waals surface area (Å²) in [5, 5.41) is 1.95. The Morgan fingerprint density at radius 1 is 0.809 bits per heavy atom. The van der Waals surface area contributed by atoms with Crippen LogP contribution >= 0.6 is 7.60 Å². The van der Waals surface area contributed by atoms with Crippen LogP contribution in [-0.4, -0.2) is 38.9 Å². The Balaban J connectivity index is 1.52. The molecule has 1 heterocycles. The van der Waals surface area contributed by atoms with Crippen LogP contribution in [0.1, 0.15) is 128 Å². The molecule has 2 aromatic carbocycles. The summed E-state index contributed by atoms with van der Waals surface area (Å²) in [5.41, 5.74) is 7.86. The molecular weight excluding hydrogens is 613 g/mol. The summed E-state index contributed by atoms with van der Waals surface area (Å²) in [6.07, 6.45) is 19.8. The van der Waals surface area contributed by atoms with Crippen LogP contribution in [0.5, 0.6) is 0 Å². The van der Waals surface area contributed by atoms with Gasteiger partial charge in [0.15, 0.2) is 0 Å². The Morgan fingerprint density at radius 3 is 1.96 bits per heavy atom. The van der Waals surface area contributed by atoms with Gasteiger partial charge in [-0.05, 0) is 24.1 Å². The van der Waals surface area contributed by atoms with Crippen molar-refractivity contribution >= 4 is 24.2 Å². The van der Waals surface area contributed by atoms with E-state index < -0.39 is 25.7 Å². The van der Waals surface area contributed by atoms with Crippen LogP contribution in [0.2, 0.25) is 0 Å². The van der Waals surface area contributed by atoms with Crippen LogP contribution in [0.15, 0.2) is 47.3 Å². The lowest BCUT2D eigenvalue weighted by Gasteiger charge is -2.23. The number of hydrogen-bond acceptors (Lipinski definition) is 6. The minimum atomic E-state index is -4.34. The van der Waals surface area contributed by atoms with E-state index in [0.29, 0.717) is 17.9 Å². The predicted molar refractivity (Wildman–Crippen MR) is 193 cm³/mol. The highest BCUT2D eigenvalue weighted by Crippen LogP contribution is 2.37. The number of hydrogen-bond donors (Lipinski definition) is 3.